The molecule has 1 aliphatic carbocycles. The van der Waals surface area contributed by atoms with Crippen LogP contribution < -0.4 is 10.1 Å². The summed E-state index contributed by atoms with van der Waals surface area (Å²) in [6.45, 7) is 0.399. The van der Waals surface area contributed by atoms with Gasteiger partial charge >= 0.3 is 0 Å². The molecule has 4 aromatic rings. The number of hydrogen-bond acceptors (Lipinski definition) is 4. The Balaban J connectivity index is 1.31. The summed E-state index contributed by atoms with van der Waals surface area (Å²) in [6, 6.07) is 25.7. The number of hydrogen-bond donors (Lipinski definition) is 1. The Kier molecular flexibility index (Phi) is 7.32. The van der Waals surface area contributed by atoms with E-state index in [9.17, 15) is 4.79 Å². The minimum absolute atomic E-state index is 0.0182. The van der Waals surface area contributed by atoms with Crippen molar-refractivity contribution in [3.05, 3.63) is 96.3 Å². The molecular weight excluding hydrogens is 434 g/mol. The van der Waals surface area contributed by atoms with E-state index in [1.54, 1.807) is 6.20 Å². The Morgan fingerprint density at radius 2 is 1.66 bits per heavy atom. The molecule has 0 spiro atoms. The maximum atomic E-state index is 13.4. The van der Waals surface area contributed by atoms with Gasteiger partial charge in [0.15, 0.2) is 0 Å². The summed E-state index contributed by atoms with van der Waals surface area (Å²) >= 11 is 0. The number of pyridine rings is 2. The van der Waals surface area contributed by atoms with Crippen LogP contribution in [0.1, 0.15) is 55.7 Å². The second kappa shape index (κ2) is 11.1. The molecule has 35 heavy (non-hydrogen) atoms. The van der Waals surface area contributed by atoms with E-state index in [0.717, 1.165) is 40.8 Å². The smallest absolute Gasteiger partial charge is 0.233 e. The summed E-state index contributed by atoms with van der Waals surface area (Å²) < 4.78 is 6.02. The van der Waals surface area contributed by atoms with E-state index in [0.29, 0.717) is 18.3 Å². The molecule has 0 aliphatic heterocycles. The van der Waals surface area contributed by atoms with Crippen molar-refractivity contribution in [1.82, 2.24) is 9.97 Å². The second-order valence-electron chi connectivity index (χ2n) is 9.29. The van der Waals surface area contributed by atoms with Crippen LogP contribution in [0.5, 0.6) is 5.75 Å². The number of nitrogens with zero attached hydrogens (tertiary/aromatic N) is 2. The quantitative estimate of drug-likeness (QED) is 0.302. The predicted molar refractivity (Wildman–Crippen MR) is 139 cm³/mol. The van der Waals surface area contributed by atoms with Gasteiger partial charge < -0.3 is 10.1 Å². The lowest BCUT2D eigenvalue weighted by molar-refractivity contribution is -0.118. The predicted octanol–water partition coefficient (Wildman–Crippen LogP) is 6.90. The Morgan fingerprint density at radius 1 is 0.886 bits per heavy atom. The van der Waals surface area contributed by atoms with E-state index in [1.165, 1.54) is 25.7 Å². The summed E-state index contributed by atoms with van der Waals surface area (Å²) in [5, 5.41) is 4.16. The number of anilines is 1. The number of carbonyl (C=O) groups is 1. The molecule has 1 unspecified atom stereocenters. The number of amides is 1. The normalized spacial score (nSPS) is 15.3. The zero-order valence-electron chi connectivity index (χ0n) is 19.9. The van der Waals surface area contributed by atoms with Crippen LogP contribution in [0.4, 0.5) is 5.82 Å². The standard InChI is InChI=1S/C30H31N3O2/c34-30(33-28-13-7-8-20-31-28)29(23-10-3-1-2-4-11-23)24-15-18-26(19-16-24)35-21-25-17-14-22-9-5-6-12-27(22)32-25/h5-9,12-20,23,29H,1-4,10-11,21H2,(H,31,33,34). The number of para-hydroxylation sites is 1. The first-order valence-electron chi connectivity index (χ1n) is 12.6. The van der Waals surface area contributed by atoms with Gasteiger partial charge in [0.05, 0.1) is 17.1 Å². The van der Waals surface area contributed by atoms with Crippen LogP contribution in [-0.4, -0.2) is 15.9 Å². The Labute approximate surface area is 206 Å². The van der Waals surface area contributed by atoms with Crippen LogP contribution in [-0.2, 0) is 11.4 Å². The summed E-state index contributed by atoms with van der Waals surface area (Å²) in [5.41, 5.74) is 2.88. The maximum Gasteiger partial charge on any atom is 0.233 e. The van der Waals surface area contributed by atoms with Crippen LogP contribution in [0.3, 0.4) is 0 Å². The van der Waals surface area contributed by atoms with E-state index in [-0.39, 0.29) is 11.8 Å². The largest absolute Gasteiger partial charge is 0.487 e. The SMILES string of the molecule is O=C(Nc1ccccn1)C(c1ccc(OCc2ccc3ccccc3n2)cc1)C1CCCCCC1. The monoisotopic (exact) mass is 465 g/mol. The lowest BCUT2D eigenvalue weighted by Crippen LogP contribution is -2.28. The fourth-order valence-electron chi connectivity index (χ4n) is 5.04. The molecule has 178 valence electrons. The molecule has 1 aliphatic rings. The van der Waals surface area contributed by atoms with Gasteiger partial charge in [0.25, 0.3) is 0 Å². The summed E-state index contributed by atoms with van der Waals surface area (Å²) in [6.07, 6.45) is 8.71. The summed E-state index contributed by atoms with van der Waals surface area (Å²) in [7, 11) is 0. The van der Waals surface area contributed by atoms with Crippen molar-refractivity contribution in [2.75, 3.05) is 5.32 Å². The Hall–Kier alpha value is -3.73. The molecule has 5 heteroatoms. The fraction of sp³-hybridized carbons (Fsp3) is 0.300. The minimum atomic E-state index is -0.202. The molecule has 2 aromatic carbocycles. The van der Waals surface area contributed by atoms with E-state index >= 15 is 0 Å². The number of carbonyl (C=O) groups excluding carboxylic acids is 1. The molecule has 1 fully saturated rings. The van der Waals surface area contributed by atoms with Crippen LogP contribution in [0.2, 0.25) is 0 Å². The van der Waals surface area contributed by atoms with Crippen molar-refractivity contribution in [3.8, 4) is 5.75 Å². The number of nitrogens with one attached hydrogen (secondary N) is 1. The van der Waals surface area contributed by atoms with Gasteiger partial charge in [-0.2, -0.15) is 0 Å². The van der Waals surface area contributed by atoms with Crippen LogP contribution >= 0.6 is 0 Å². The molecule has 0 bridgehead atoms. The van der Waals surface area contributed by atoms with Gasteiger partial charge in [-0.15, -0.1) is 0 Å². The molecule has 1 amide bonds. The maximum absolute atomic E-state index is 13.4. The third-order valence-corrected chi connectivity index (χ3v) is 6.85. The van der Waals surface area contributed by atoms with Gasteiger partial charge in [0.2, 0.25) is 5.91 Å². The van der Waals surface area contributed by atoms with E-state index in [1.807, 2.05) is 66.7 Å². The molecule has 2 aromatic heterocycles. The van der Waals surface area contributed by atoms with Crippen molar-refractivity contribution in [1.29, 1.82) is 0 Å². The first kappa shape index (κ1) is 23.0. The average Bonchev–Trinajstić information content (AvgIpc) is 3.18. The number of benzene rings is 2. The van der Waals surface area contributed by atoms with Gasteiger partial charge in [-0.05, 0) is 60.7 Å². The van der Waals surface area contributed by atoms with Crippen LogP contribution in [0.15, 0.2) is 85.1 Å². The molecule has 0 saturated heterocycles. The zero-order chi connectivity index (χ0) is 23.9. The van der Waals surface area contributed by atoms with Crippen LogP contribution in [0.25, 0.3) is 10.9 Å². The third kappa shape index (κ3) is 5.86. The molecule has 5 rings (SSSR count). The second-order valence-corrected chi connectivity index (χ2v) is 9.29. The van der Waals surface area contributed by atoms with Gasteiger partial charge in [-0.25, -0.2) is 9.97 Å². The van der Waals surface area contributed by atoms with Crippen molar-refractivity contribution in [3.63, 3.8) is 0 Å². The van der Waals surface area contributed by atoms with Gasteiger partial charge in [-0.3, -0.25) is 4.79 Å². The zero-order valence-corrected chi connectivity index (χ0v) is 19.9. The molecule has 1 saturated carbocycles. The molecule has 1 atom stereocenters. The van der Waals surface area contributed by atoms with Crippen molar-refractivity contribution < 1.29 is 9.53 Å². The Bertz CT molecular complexity index is 1250. The first-order chi connectivity index (χ1) is 17.3. The minimum Gasteiger partial charge on any atom is -0.487 e. The lowest BCUT2D eigenvalue weighted by Gasteiger charge is -2.26. The highest BCUT2D eigenvalue weighted by molar-refractivity contribution is 5.95. The molecular formula is C30H31N3O2. The van der Waals surface area contributed by atoms with Gasteiger partial charge in [0, 0.05) is 11.6 Å². The number of aromatic nitrogens is 2. The van der Waals surface area contributed by atoms with E-state index in [2.05, 4.69) is 27.4 Å². The van der Waals surface area contributed by atoms with Crippen molar-refractivity contribution >= 4 is 22.6 Å². The molecule has 1 N–H and O–H groups in total. The molecule has 5 nitrogen and oxygen atoms in total. The number of ether oxygens (including phenoxy) is 1. The van der Waals surface area contributed by atoms with Gasteiger partial charge in [-0.1, -0.05) is 68.1 Å². The van der Waals surface area contributed by atoms with Gasteiger partial charge in [0.1, 0.15) is 18.2 Å². The topological polar surface area (TPSA) is 64.1 Å². The molecule has 2 heterocycles. The first-order valence-corrected chi connectivity index (χ1v) is 12.6. The Morgan fingerprint density at radius 3 is 2.43 bits per heavy atom. The van der Waals surface area contributed by atoms with Crippen molar-refractivity contribution in [2.45, 2.75) is 51.0 Å². The van der Waals surface area contributed by atoms with E-state index in [4.69, 9.17) is 4.74 Å². The van der Waals surface area contributed by atoms with E-state index < -0.39 is 0 Å². The fourth-order valence-corrected chi connectivity index (χ4v) is 5.04. The highest BCUT2D eigenvalue weighted by Crippen LogP contribution is 2.36. The number of fused-ring (bicyclic) bond motifs is 1. The highest BCUT2D eigenvalue weighted by atomic mass is 16.5. The van der Waals surface area contributed by atoms with Crippen molar-refractivity contribution in [2.24, 2.45) is 5.92 Å². The third-order valence-electron chi connectivity index (χ3n) is 6.85. The summed E-state index contributed by atoms with van der Waals surface area (Å²) in [4.78, 5) is 22.4. The lowest BCUT2D eigenvalue weighted by atomic mass is 9.80. The molecule has 0 radical (unpaired) electrons. The number of rotatable bonds is 7. The average molecular weight is 466 g/mol. The highest BCUT2D eigenvalue weighted by Gasteiger charge is 2.30. The summed E-state index contributed by atoms with van der Waals surface area (Å²) in [5.74, 6) is 1.51. The van der Waals surface area contributed by atoms with Crippen LogP contribution in [0, 0.1) is 5.92 Å².